The fourth-order valence-electron chi connectivity index (χ4n) is 3.80. The van der Waals surface area contributed by atoms with E-state index in [0.717, 1.165) is 53.0 Å². The summed E-state index contributed by atoms with van der Waals surface area (Å²) in [7, 11) is 0. The Morgan fingerprint density at radius 2 is 2.07 bits per heavy atom. The molecule has 0 atom stereocenters. The smallest absolute Gasteiger partial charge is 0.246 e. The minimum Gasteiger partial charge on any atom is -0.344 e. The lowest BCUT2D eigenvalue weighted by Gasteiger charge is -2.19. The van der Waals surface area contributed by atoms with Gasteiger partial charge in [-0.25, -0.2) is 9.37 Å². The van der Waals surface area contributed by atoms with Gasteiger partial charge >= 0.3 is 0 Å². The number of aromatic nitrogens is 1. The van der Waals surface area contributed by atoms with Gasteiger partial charge in [-0.15, -0.1) is 0 Å². The third-order valence-electron chi connectivity index (χ3n) is 5.38. The van der Waals surface area contributed by atoms with Crippen LogP contribution in [0.3, 0.4) is 0 Å². The standard InChI is InChI=1S/C24H23ClFN3O/c1-16-4-6-19-11-17(15-27-24(19)28-16)5-7-23(30)29-9-2-3-18(8-10-29)20-12-21(25)14-22(26)13-20/h3,5,7,11-15H,1-2,4,6,8-10H2,(H,27,28)/b7-5+. The molecule has 1 amide bonds. The van der Waals surface area contributed by atoms with Gasteiger partial charge in [-0.05, 0) is 78.3 Å². The van der Waals surface area contributed by atoms with Crippen LogP contribution >= 0.6 is 11.6 Å². The van der Waals surface area contributed by atoms with Gasteiger partial charge in [0.2, 0.25) is 5.91 Å². The molecule has 0 saturated carbocycles. The van der Waals surface area contributed by atoms with Gasteiger partial charge in [0.25, 0.3) is 0 Å². The summed E-state index contributed by atoms with van der Waals surface area (Å²) in [6.07, 6.45) is 10.4. The van der Waals surface area contributed by atoms with Crippen LogP contribution in [0.5, 0.6) is 0 Å². The number of carbonyl (C=O) groups is 1. The number of anilines is 1. The number of aryl methyl sites for hydroxylation is 1. The van der Waals surface area contributed by atoms with Crippen molar-refractivity contribution in [2.24, 2.45) is 0 Å². The van der Waals surface area contributed by atoms with Gasteiger partial charge < -0.3 is 10.2 Å². The number of pyridine rings is 1. The lowest BCUT2D eigenvalue weighted by Crippen LogP contribution is -2.30. The van der Waals surface area contributed by atoms with Gasteiger partial charge in [-0.1, -0.05) is 24.3 Å². The number of hydrogen-bond donors (Lipinski definition) is 1. The molecule has 1 N–H and O–H groups in total. The summed E-state index contributed by atoms with van der Waals surface area (Å²) >= 11 is 5.99. The maximum Gasteiger partial charge on any atom is 0.246 e. The lowest BCUT2D eigenvalue weighted by molar-refractivity contribution is -0.125. The molecule has 4 nitrogen and oxygen atoms in total. The number of rotatable bonds is 3. The molecule has 4 rings (SSSR count). The van der Waals surface area contributed by atoms with E-state index in [9.17, 15) is 9.18 Å². The highest BCUT2D eigenvalue weighted by Crippen LogP contribution is 2.27. The summed E-state index contributed by atoms with van der Waals surface area (Å²) in [6, 6.07) is 6.61. The van der Waals surface area contributed by atoms with E-state index in [2.05, 4.69) is 29.0 Å². The Morgan fingerprint density at radius 3 is 2.90 bits per heavy atom. The molecule has 6 heteroatoms. The first-order valence-electron chi connectivity index (χ1n) is 10.0. The molecule has 154 valence electrons. The second-order valence-electron chi connectivity index (χ2n) is 7.59. The Hall–Kier alpha value is -2.92. The second-order valence-corrected chi connectivity index (χ2v) is 8.03. The molecule has 2 aliphatic heterocycles. The number of amides is 1. The number of nitrogens with one attached hydrogen (secondary N) is 1. The predicted octanol–water partition coefficient (Wildman–Crippen LogP) is 5.47. The van der Waals surface area contributed by atoms with Crippen molar-refractivity contribution >= 4 is 35.0 Å². The first-order valence-corrected chi connectivity index (χ1v) is 10.4. The molecule has 1 aromatic carbocycles. The molecule has 1 aromatic heterocycles. The molecule has 0 radical (unpaired) electrons. The van der Waals surface area contributed by atoms with Crippen LogP contribution in [0.25, 0.3) is 11.6 Å². The van der Waals surface area contributed by atoms with Crippen molar-refractivity contribution in [2.45, 2.75) is 25.7 Å². The summed E-state index contributed by atoms with van der Waals surface area (Å²) in [4.78, 5) is 19.0. The largest absolute Gasteiger partial charge is 0.344 e. The van der Waals surface area contributed by atoms with E-state index >= 15 is 0 Å². The van der Waals surface area contributed by atoms with Crippen LogP contribution < -0.4 is 5.32 Å². The molecule has 2 aliphatic rings. The summed E-state index contributed by atoms with van der Waals surface area (Å²) in [5, 5.41) is 3.57. The highest BCUT2D eigenvalue weighted by atomic mass is 35.5. The monoisotopic (exact) mass is 423 g/mol. The van der Waals surface area contributed by atoms with Crippen molar-refractivity contribution in [3.05, 3.63) is 82.4 Å². The molecular weight excluding hydrogens is 401 g/mol. The van der Waals surface area contributed by atoms with E-state index in [0.29, 0.717) is 24.5 Å². The van der Waals surface area contributed by atoms with E-state index in [1.165, 1.54) is 12.1 Å². The number of hydrogen-bond acceptors (Lipinski definition) is 3. The topological polar surface area (TPSA) is 45.2 Å². The number of fused-ring (bicyclic) bond motifs is 1. The first kappa shape index (κ1) is 20.4. The molecule has 0 saturated heterocycles. The molecule has 0 fully saturated rings. The number of nitrogens with zero attached hydrogens (tertiary/aromatic N) is 2. The van der Waals surface area contributed by atoms with E-state index in [-0.39, 0.29) is 11.7 Å². The third-order valence-corrected chi connectivity index (χ3v) is 5.60. The first-order chi connectivity index (χ1) is 14.5. The normalized spacial score (nSPS) is 16.7. The highest BCUT2D eigenvalue weighted by Gasteiger charge is 2.16. The average Bonchev–Trinajstić information content (AvgIpc) is 2.97. The van der Waals surface area contributed by atoms with Crippen LogP contribution in [0.15, 0.2) is 54.9 Å². The number of benzene rings is 1. The fourth-order valence-corrected chi connectivity index (χ4v) is 4.02. The second kappa shape index (κ2) is 8.84. The van der Waals surface area contributed by atoms with Gasteiger partial charge in [0.1, 0.15) is 11.6 Å². The zero-order chi connectivity index (χ0) is 21.1. The molecular formula is C24H23ClFN3O. The van der Waals surface area contributed by atoms with Crippen LogP contribution in [0.1, 0.15) is 36.0 Å². The van der Waals surface area contributed by atoms with Crippen molar-refractivity contribution in [2.75, 3.05) is 18.4 Å². The summed E-state index contributed by atoms with van der Waals surface area (Å²) < 4.78 is 13.7. The summed E-state index contributed by atoms with van der Waals surface area (Å²) in [6.45, 7) is 5.15. The van der Waals surface area contributed by atoms with Crippen LogP contribution in [0.4, 0.5) is 10.2 Å². The summed E-state index contributed by atoms with van der Waals surface area (Å²) in [5.74, 6) is 0.459. The van der Waals surface area contributed by atoms with Gasteiger partial charge in [0, 0.05) is 36.1 Å². The van der Waals surface area contributed by atoms with Crippen molar-refractivity contribution in [3.8, 4) is 0 Å². The highest BCUT2D eigenvalue weighted by molar-refractivity contribution is 6.30. The Kier molecular flexibility index (Phi) is 6.00. The lowest BCUT2D eigenvalue weighted by atomic mass is 10.0. The van der Waals surface area contributed by atoms with Gasteiger partial charge in [-0.2, -0.15) is 0 Å². The van der Waals surface area contributed by atoms with Crippen LogP contribution in [0, 0.1) is 5.82 Å². The predicted molar refractivity (Wildman–Crippen MR) is 120 cm³/mol. The Bertz CT molecular complexity index is 1040. The number of halogens is 2. The van der Waals surface area contributed by atoms with E-state index in [1.807, 2.05) is 11.0 Å². The summed E-state index contributed by atoms with van der Waals surface area (Å²) in [5.41, 5.74) is 4.81. The average molecular weight is 424 g/mol. The number of allylic oxidation sites excluding steroid dienone is 1. The molecule has 30 heavy (non-hydrogen) atoms. The van der Waals surface area contributed by atoms with Crippen molar-refractivity contribution in [1.29, 1.82) is 0 Å². The van der Waals surface area contributed by atoms with E-state index in [1.54, 1.807) is 18.3 Å². The van der Waals surface area contributed by atoms with Gasteiger partial charge in [-0.3, -0.25) is 4.79 Å². The van der Waals surface area contributed by atoms with Crippen molar-refractivity contribution in [1.82, 2.24) is 9.88 Å². The maximum atomic E-state index is 13.7. The molecule has 0 unspecified atom stereocenters. The quantitative estimate of drug-likeness (QED) is 0.666. The third kappa shape index (κ3) is 4.79. The van der Waals surface area contributed by atoms with Crippen LogP contribution in [0.2, 0.25) is 5.02 Å². The number of carbonyl (C=O) groups excluding carboxylic acids is 1. The molecule has 2 aromatic rings. The SMILES string of the molecule is C=C1CCc2cc(/C=C/C(=O)N3CCC=C(c4cc(F)cc(Cl)c4)CC3)cnc2N1. The van der Waals surface area contributed by atoms with E-state index < -0.39 is 0 Å². The molecule has 0 spiro atoms. The molecule has 0 aliphatic carbocycles. The zero-order valence-corrected chi connectivity index (χ0v) is 17.4. The van der Waals surface area contributed by atoms with Crippen LogP contribution in [-0.2, 0) is 11.2 Å². The van der Waals surface area contributed by atoms with E-state index in [4.69, 9.17) is 11.6 Å². The fraction of sp³-hybridized carbons (Fsp3) is 0.250. The minimum absolute atomic E-state index is 0.0360. The maximum absolute atomic E-state index is 13.7. The zero-order valence-electron chi connectivity index (χ0n) is 16.6. The Labute approximate surface area is 180 Å². The van der Waals surface area contributed by atoms with Crippen LogP contribution in [-0.4, -0.2) is 28.9 Å². The van der Waals surface area contributed by atoms with Gasteiger partial charge in [0.05, 0.1) is 0 Å². The van der Waals surface area contributed by atoms with Crippen molar-refractivity contribution in [3.63, 3.8) is 0 Å². The van der Waals surface area contributed by atoms with Crippen molar-refractivity contribution < 1.29 is 9.18 Å². The Morgan fingerprint density at radius 1 is 1.20 bits per heavy atom. The Balaban J connectivity index is 1.40. The molecule has 0 bridgehead atoms. The molecule has 3 heterocycles. The van der Waals surface area contributed by atoms with Gasteiger partial charge in [0.15, 0.2) is 0 Å². The minimum atomic E-state index is -0.350.